The Bertz CT molecular complexity index is 891. The number of carbonyl (C=O) groups is 2. The summed E-state index contributed by atoms with van der Waals surface area (Å²) in [6.07, 6.45) is 6.30. The molecule has 1 aliphatic rings. The summed E-state index contributed by atoms with van der Waals surface area (Å²) in [7, 11) is 0. The van der Waals surface area contributed by atoms with E-state index in [4.69, 9.17) is 4.98 Å². The molecule has 7 heteroatoms. The normalized spacial score (nSPS) is 13.6. The molecule has 0 saturated heterocycles. The third kappa shape index (κ3) is 6.85. The van der Waals surface area contributed by atoms with E-state index < -0.39 is 5.97 Å². The first-order valence-corrected chi connectivity index (χ1v) is 11.3. The van der Waals surface area contributed by atoms with Crippen molar-refractivity contribution in [2.75, 3.05) is 13.1 Å². The molecule has 0 bridgehead atoms. The van der Waals surface area contributed by atoms with Crippen molar-refractivity contribution in [3.8, 4) is 0 Å². The molecular weight excluding hydrogens is 385 g/mol. The molecule has 0 aliphatic heterocycles. The quantitative estimate of drug-likeness (QED) is 0.495. The van der Waals surface area contributed by atoms with Gasteiger partial charge in [-0.15, -0.1) is 0 Å². The number of amides is 1. The summed E-state index contributed by atoms with van der Waals surface area (Å²) in [5.41, 5.74) is 3.29. The van der Waals surface area contributed by atoms with Crippen LogP contribution in [0.5, 0.6) is 0 Å². The molecule has 0 radical (unpaired) electrons. The van der Waals surface area contributed by atoms with Crippen LogP contribution in [0.15, 0.2) is 18.3 Å². The van der Waals surface area contributed by atoms with Crippen LogP contribution in [0.25, 0.3) is 5.65 Å². The molecule has 6 nitrogen and oxygen atoms in total. The van der Waals surface area contributed by atoms with Gasteiger partial charge in [-0.3, -0.25) is 4.79 Å². The van der Waals surface area contributed by atoms with Gasteiger partial charge in [0.15, 0.2) is 0 Å². The van der Waals surface area contributed by atoms with Crippen LogP contribution in [0.1, 0.15) is 87.5 Å². The van der Waals surface area contributed by atoms with Gasteiger partial charge in [0.05, 0.1) is 11.3 Å². The second-order valence-corrected chi connectivity index (χ2v) is 9.39. The molecule has 164 valence electrons. The molecule has 2 heterocycles. The number of rotatable bonds is 11. The molecule has 1 fully saturated rings. The summed E-state index contributed by atoms with van der Waals surface area (Å²) < 4.78 is 1.92. The standard InChI is InChI=1S/C24H35N3O3.Li/c1-16(2)11-13-26(14-12-17(3)4)24(30)19-7-9-21-25-23(18-5-6-18)20(27(21)15-19)8-10-22(28)29;/h7,9,15-18H,5-6,8,10-14H2,1-4H3,(H,28,29);/q;+1/p-1. The molecule has 31 heavy (non-hydrogen) atoms. The van der Waals surface area contributed by atoms with E-state index in [-0.39, 0.29) is 31.2 Å². The molecule has 1 aliphatic carbocycles. The molecule has 0 atom stereocenters. The molecule has 0 spiro atoms. The summed E-state index contributed by atoms with van der Waals surface area (Å²) >= 11 is 0. The average Bonchev–Trinajstić information content (AvgIpc) is 3.46. The molecule has 0 N–H and O–H groups in total. The van der Waals surface area contributed by atoms with E-state index >= 15 is 0 Å². The number of carboxylic acids is 1. The van der Waals surface area contributed by atoms with E-state index in [0.29, 0.717) is 29.7 Å². The van der Waals surface area contributed by atoms with Crippen LogP contribution in [-0.2, 0) is 11.2 Å². The Morgan fingerprint density at radius 3 is 2.26 bits per heavy atom. The average molecular weight is 419 g/mol. The number of aliphatic carboxylic acids is 1. The van der Waals surface area contributed by atoms with Crippen LogP contribution in [-0.4, -0.2) is 39.3 Å². The Balaban J connectivity index is 0.00000341. The third-order valence-corrected chi connectivity index (χ3v) is 5.77. The number of aryl methyl sites for hydroxylation is 1. The fourth-order valence-electron chi connectivity index (χ4n) is 3.72. The number of carbonyl (C=O) groups excluding carboxylic acids is 2. The second kappa shape index (κ2) is 11.2. The van der Waals surface area contributed by atoms with Crippen molar-refractivity contribution in [2.45, 2.75) is 72.1 Å². The Hall–Kier alpha value is -1.77. The van der Waals surface area contributed by atoms with E-state index in [1.165, 1.54) is 0 Å². The van der Waals surface area contributed by atoms with Crippen LogP contribution >= 0.6 is 0 Å². The van der Waals surface area contributed by atoms with Crippen molar-refractivity contribution < 1.29 is 33.6 Å². The smallest absolute Gasteiger partial charge is 0.550 e. The van der Waals surface area contributed by atoms with Gasteiger partial charge in [0.25, 0.3) is 5.91 Å². The first-order valence-electron chi connectivity index (χ1n) is 11.3. The van der Waals surface area contributed by atoms with Crippen molar-refractivity contribution >= 4 is 17.5 Å². The number of imidazole rings is 1. The summed E-state index contributed by atoms with van der Waals surface area (Å²) in [6.45, 7) is 10.2. The maximum absolute atomic E-state index is 13.3. The molecule has 2 aromatic rings. The minimum absolute atomic E-state index is 0. The summed E-state index contributed by atoms with van der Waals surface area (Å²) in [5.74, 6) is 0.452. The number of carboxylic acid groups (broad SMARTS) is 1. The first-order chi connectivity index (χ1) is 14.3. The van der Waals surface area contributed by atoms with E-state index in [9.17, 15) is 14.7 Å². The zero-order valence-electron chi connectivity index (χ0n) is 19.7. The Kier molecular flexibility index (Phi) is 9.21. The van der Waals surface area contributed by atoms with Gasteiger partial charge in [-0.05, 0) is 62.5 Å². The summed E-state index contributed by atoms with van der Waals surface area (Å²) in [5, 5.41) is 11.0. The topological polar surface area (TPSA) is 77.7 Å². The van der Waals surface area contributed by atoms with Gasteiger partial charge < -0.3 is 19.2 Å². The Morgan fingerprint density at radius 1 is 1.13 bits per heavy atom. The van der Waals surface area contributed by atoms with Crippen molar-refractivity contribution in [3.05, 3.63) is 35.3 Å². The summed E-state index contributed by atoms with van der Waals surface area (Å²) in [6, 6.07) is 3.73. The molecule has 1 saturated carbocycles. The van der Waals surface area contributed by atoms with Crippen LogP contribution < -0.4 is 24.0 Å². The maximum atomic E-state index is 13.3. The number of pyridine rings is 1. The van der Waals surface area contributed by atoms with Gasteiger partial charge in [0.2, 0.25) is 0 Å². The fourth-order valence-corrected chi connectivity index (χ4v) is 3.72. The Labute approximate surface area is 197 Å². The van der Waals surface area contributed by atoms with Crippen LogP contribution in [0.3, 0.4) is 0 Å². The second-order valence-electron chi connectivity index (χ2n) is 9.39. The van der Waals surface area contributed by atoms with Gasteiger partial charge in [-0.2, -0.15) is 0 Å². The van der Waals surface area contributed by atoms with Crippen LogP contribution in [0.4, 0.5) is 0 Å². The van der Waals surface area contributed by atoms with E-state index in [0.717, 1.165) is 55.8 Å². The molecule has 3 rings (SSSR count). The van der Waals surface area contributed by atoms with Crippen LogP contribution in [0, 0.1) is 11.8 Å². The SMILES string of the molecule is CC(C)CCN(CCC(C)C)C(=O)c1ccc2nc(C3CC3)c(CCC(=O)[O-])n2c1.[Li+]. The third-order valence-electron chi connectivity index (χ3n) is 5.77. The minimum Gasteiger partial charge on any atom is -0.550 e. The van der Waals surface area contributed by atoms with E-state index in [2.05, 4.69) is 27.7 Å². The van der Waals surface area contributed by atoms with E-state index in [1.54, 1.807) is 0 Å². The number of hydrogen-bond donors (Lipinski definition) is 0. The largest absolute Gasteiger partial charge is 1.00 e. The molecule has 0 aromatic carbocycles. The zero-order valence-corrected chi connectivity index (χ0v) is 19.7. The van der Waals surface area contributed by atoms with E-state index in [1.807, 2.05) is 27.6 Å². The molecular formula is C24H34LiN3O3. The van der Waals surface area contributed by atoms with Gasteiger partial charge in [0.1, 0.15) is 5.65 Å². The van der Waals surface area contributed by atoms with Crippen molar-refractivity contribution in [1.29, 1.82) is 0 Å². The number of hydrogen-bond acceptors (Lipinski definition) is 4. The number of fused-ring (bicyclic) bond motifs is 1. The maximum Gasteiger partial charge on any atom is 1.00 e. The minimum atomic E-state index is -1.06. The molecule has 0 unspecified atom stereocenters. The van der Waals surface area contributed by atoms with Gasteiger partial charge in [0, 0.05) is 36.9 Å². The fraction of sp³-hybridized carbons (Fsp3) is 0.625. The van der Waals surface area contributed by atoms with Gasteiger partial charge >= 0.3 is 18.9 Å². The summed E-state index contributed by atoms with van der Waals surface area (Å²) in [4.78, 5) is 31.1. The Morgan fingerprint density at radius 2 is 1.74 bits per heavy atom. The van der Waals surface area contributed by atoms with Crippen molar-refractivity contribution in [1.82, 2.24) is 14.3 Å². The predicted molar refractivity (Wildman–Crippen MR) is 115 cm³/mol. The molecule has 2 aromatic heterocycles. The van der Waals surface area contributed by atoms with Crippen LogP contribution in [0.2, 0.25) is 0 Å². The zero-order chi connectivity index (χ0) is 21.8. The van der Waals surface area contributed by atoms with Crippen molar-refractivity contribution in [2.24, 2.45) is 11.8 Å². The van der Waals surface area contributed by atoms with Gasteiger partial charge in [-0.25, -0.2) is 4.98 Å². The van der Waals surface area contributed by atoms with Crippen molar-refractivity contribution in [3.63, 3.8) is 0 Å². The van der Waals surface area contributed by atoms with Gasteiger partial charge in [-0.1, -0.05) is 27.7 Å². The first kappa shape index (κ1) is 25.5. The monoisotopic (exact) mass is 419 g/mol. The molecule has 1 amide bonds. The number of aromatic nitrogens is 2. The predicted octanol–water partition coefficient (Wildman–Crippen LogP) is 0.433. The number of nitrogens with zero attached hydrogens (tertiary/aromatic N) is 3.